The van der Waals surface area contributed by atoms with Gasteiger partial charge in [0.2, 0.25) is 0 Å². The largest absolute Gasteiger partial charge is 0.493 e. The van der Waals surface area contributed by atoms with Gasteiger partial charge in [-0.05, 0) is 38.0 Å². The van der Waals surface area contributed by atoms with Crippen molar-refractivity contribution < 1.29 is 14.3 Å². The Morgan fingerprint density at radius 2 is 2.00 bits per heavy atom. The van der Waals surface area contributed by atoms with E-state index in [1.807, 2.05) is 39.8 Å². The molecule has 0 saturated carbocycles. The number of benzene rings is 1. The maximum atomic E-state index is 11.9. The second-order valence-electron chi connectivity index (χ2n) is 5.46. The minimum Gasteiger partial charge on any atom is -0.493 e. The molecule has 0 fully saturated rings. The zero-order valence-electron chi connectivity index (χ0n) is 13.7. The van der Waals surface area contributed by atoms with Crippen molar-refractivity contribution >= 4 is 5.97 Å². The van der Waals surface area contributed by atoms with Crippen molar-refractivity contribution in [3.8, 4) is 5.75 Å². The van der Waals surface area contributed by atoms with E-state index < -0.39 is 0 Å². The van der Waals surface area contributed by atoms with E-state index in [1.165, 1.54) is 5.56 Å². The van der Waals surface area contributed by atoms with Crippen LogP contribution < -0.4 is 10.1 Å². The van der Waals surface area contributed by atoms with E-state index in [0.717, 1.165) is 11.3 Å². The molecule has 4 nitrogen and oxygen atoms in total. The van der Waals surface area contributed by atoms with Crippen LogP contribution in [0.5, 0.6) is 5.75 Å². The predicted molar refractivity (Wildman–Crippen MR) is 84.7 cm³/mol. The molecule has 1 unspecified atom stereocenters. The van der Waals surface area contributed by atoms with Crippen LogP contribution in [0.1, 0.15) is 38.3 Å². The Kier molecular flexibility index (Phi) is 7.23. The molecule has 1 atom stereocenters. The highest BCUT2D eigenvalue weighted by atomic mass is 16.5. The number of aryl methyl sites for hydroxylation is 1. The second kappa shape index (κ2) is 8.67. The lowest BCUT2D eigenvalue weighted by Crippen LogP contribution is -2.42. The highest BCUT2D eigenvalue weighted by molar-refractivity contribution is 5.75. The van der Waals surface area contributed by atoms with Gasteiger partial charge < -0.3 is 14.8 Å². The molecule has 1 rings (SSSR count). The number of hydrogen-bond acceptors (Lipinski definition) is 4. The number of esters is 1. The van der Waals surface area contributed by atoms with Gasteiger partial charge >= 0.3 is 5.97 Å². The molecule has 0 radical (unpaired) electrons. The third kappa shape index (κ3) is 5.76. The normalized spacial score (nSPS) is 12.3. The minimum absolute atomic E-state index is 0.212. The van der Waals surface area contributed by atoms with Crippen LogP contribution >= 0.6 is 0 Å². The summed E-state index contributed by atoms with van der Waals surface area (Å²) in [6, 6.07) is 5.89. The van der Waals surface area contributed by atoms with Crippen LogP contribution in [0.4, 0.5) is 0 Å². The van der Waals surface area contributed by atoms with Gasteiger partial charge in [-0.1, -0.05) is 26.0 Å². The fraction of sp³-hybridized carbons (Fsp3) is 0.588. The van der Waals surface area contributed by atoms with Crippen molar-refractivity contribution in [1.29, 1.82) is 0 Å². The van der Waals surface area contributed by atoms with Gasteiger partial charge in [-0.2, -0.15) is 0 Å². The molecule has 0 bridgehead atoms. The van der Waals surface area contributed by atoms with Crippen LogP contribution in [0.25, 0.3) is 0 Å². The summed E-state index contributed by atoms with van der Waals surface area (Å²) in [6.07, 6.45) is 0.588. The molecular formula is C17H27NO3. The molecule has 0 aliphatic heterocycles. The smallest absolute Gasteiger partial charge is 0.323 e. The fourth-order valence-electron chi connectivity index (χ4n) is 2.08. The first-order valence-corrected chi connectivity index (χ1v) is 7.57. The van der Waals surface area contributed by atoms with Gasteiger partial charge in [-0.15, -0.1) is 0 Å². The Bertz CT molecular complexity index is 457. The molecule has 1 N–H and O–H groups in total. The van der Waals surface area contributed by atoms with Gasteiger partial charge in [0.25, 0.3) is 0 Å². The third-order valence-electron chi connectivity index (χ3n) is 3.32. The summed E-state index contributed by atoms with van der Waals surface area (Å²) in [5.41, 5.74) is 2.34. The summed E-state index contributed by atoms with van der Waals surface area (Å²) in [4.78, 5) is 11.9. The number of ether oxygens (including phenoxy) is 2. The summed E-state index contributed by atoms with van der Waals surface area (Å²) in [7, 11) is 0. The average molecular weight is 293 g/mol. The van der Waals surface area contributed by atoms with E-state index in [9.17, 15) is 4.79 Å². The first-order valence-electron chi connectivity index (χ1n) is 7.57. The molecule has 0 aliphatic carbocycles. The van der Waals surface area contributed by atoms with Gasteiger partial charge in [0.05, 0.1) is 13.2 Å². The lowest BCUT2D eigenvalue weighted by atomic mass is 10.1. The van der Waals surface area contributed by atoms with Crippen LogP contribution in [0, 0.1) is 13.8 Å². The van der Waals surface area contributed by atoms with Crippen molar-refractivity contribution in [2.75, 3.05) is 13.2 Å². The fourth-order valence-corrected chi connectivity index (χ4v) is 2.08. The molecule has 0 aliphatic rings. The van der Waals surface area contributed by atoms with Crippen molar-refractivity contribution in [2.45, 2.75) is 53.1 Å². The zero-order chi connectivity index (χ0) is 15.8. The van der Waals surface area contributed by atoms with E-state index in [1.54, 1.807) is 0 Å². The van der Waals surface area contributed by atoms with E-state index >= 15 is 0 Å². The van der Waals surface area contributed by atoms with Crippen molar-refractivity contribution in [2.24, 2.45) is 0 Å². The van der Waals surface area contributed by atoms with Crippen LogP contribution in [0.2, 0.25) is 0 Å². The lowest BCUT2D eigenvalue weighted by molar-refractivity contribution is -0.146. The van der Waals surface area contributed by atoms with Gasteiger partial charge in [0, 0.05) is 12.5 Å². The Morgan fingerprint density at radius 3 is 2.62 bits per heavy atom. The molecule has 118 valence electrons. The lowest BCUT2D eigenvalue weighted by Gasteiger charge is -2.20. The predicted octanol–water partition coefficient (Wildman–Crippen LogP) is 3.00. The minimum atomic E-state index is -0.324. The highest BCUT2D eigenvalue weighted by Crippen LogP contribution is 2.20. The molecule has 1 aromatic rings. The van der Waals surface area contributed by atoms with Crippen molar-refractivity contribution in [3.05, 3.63) is 29.3 Å². The first-order chi connectivity index (χ1) is 9.95. The molecule has 4 heteroatoms. The molecule has 0 amide bonds. The molecule has 1 aromatic carbocycles. The number of carbonyl (C=O) groups excluding carboxylic acids is 1. The second-order valence-corrected chi connectivity index (χ2v) is 5.46. The summed E-state index contributed by atoms with van der Waals surface area (Å²) < 4.78 is 10.9. The quantitative estimate of drug-likeness (QED) is 0.749. The topological polar surface area (TPSA) is 47.6 Å². The molecule has 0 spiro atoms. The van der Waals surface area contributed by atoms with Crippen LogP contribution in [0.15, 0.2) is 18.2 Å². The maximum absolute atomic E-state index is 11.9. The summed E-state index contributed by atoms with van der Waals surface area (Å²) >= 11 is 0. The number of rotatable bonds is 8. The Balaban J connectivity index is 2.56. The SMILES string of the molecule is CCOC(=O)C(CCOc1cccc(C)c1C)NC(C)C. The first kappa shape index (κ1) is 17.5. The average Bonchev–Trinajstić information content (AvgIpc) is 2.42. The number of nitrogens with one attached hydrogen (secondary N) is 1. The van der Waals surface area contributed by atoms with Gasteiger partial charge in [0.15, 0.2) is 0 Å². The standard InChI is InChI=1S/C17H27NO3/c1-6-20-17(19)15(18-12(2)3)10-11-21-16-9-7-8-13(4)14(16)5/h7-9,12,15,18H,6,10-11H2,1-5H3. The van der Waals surface area contributed by atoms with Crippen molar-refractivity contribution in [1.82, 2.24) is 5.32 Å². The van der Waals surface area contributed by atoms with E-state index in [4.69, 9.17) is 9.47 Å². The number of carbonyl (C=O) groups is 1. The Hall–Kier alpha value is -1.55. The van der Waals surface area contributed by atoms with E-state index in [-0.39, 0.29) is 18.1 Å². The molecule has 0 heterocycles. The monoisotopic (exact) mass is 293 g/mol. The zero-order valence-corrected chi connectivity index (χ0v) is 13.7. The van der Waals surface area contributed by atoms with E-state index in [2.05, 4.69) is 18.3 Å². The third-order valence-corrected chi connectivity index (χ3v) is 3.32. The van der Waals surface area contributed by atoms with Crippen molar-refractivity contribution in [3.63, 3.8) is 0 Å². The molecule has 21 heavy (non-hydrogen) atoms. The maximum Gasteiger partial charge on any atom is 0.323 e. The van der Waals surface area contributed by atoms with Crippen LogP contribution in [-0.4, -0.2) is 31.3 Å². The van der Waals surface area contributed by atoms with Gasteiger partial charge in [-0.3, -0.25) is 4.79 Å². The highest BCUT2D eigenvalue weighted by Gasteiger charge is 2.20. The molecule has 0 aromatic heterocycles. The Labute approximate surface area is 127 Å². The Morgan fingerprint density at radius 1 is 1.29 bits per heavy atom. The van der Waals surface area contributed by atoms with Gasteiger partial charge in [0.1, 0.15) is 11.8 Å². The number of hydrogen-bond donors (Lipinski definition) is 1. The van der Waals surface area contributed by atoms with Crippen LogP contribution in [-0.2, 0) is 9.53 Å². The summed E-state index contributed by atoms with van der Waals surface area (Å²) in [5.74, 6) is 0.665. The summed E-state index contributed by atoms with van der Waals surface area (Å²) in [5, 5.41) is 3.22. The van der Waals surface area contributed by atoms with Gasteiger partial charge in [-0.25, -0.2) is 0 Å². The summed E-state index contributed by atoms with van der Waals surface area (Å²) in [6.45, 7) is 10.8. The van der Waals surface area contributed by atoms with Crippen LogP contribution in [0.3, 0.4) is 0 Å². The molecule has 0 saturated heterocycles. The van der Waals surface area contributed by atoms with E-state index in [0.29, 0.717) is 19.6 Å². The molecular weight excluding hydrogens is 266 g/mol.